The molecule has 6 heteroatoms. The number of nitrogen functional groups attached to an aromatic ring is 1. The molecule has 21 heavy (non-hydrogen) atoms. The van der Waals surface area contributed by atoms with Crippen LogP contribution in [0.3, 0.4) is 0 Å². The van der Waals surface area contributed by atoms with Crippen LogP contribution in [0.5, 0.6) is 0 Å². The minimum Gasteiger partial charge on any atom is -0.463 e. The summed E-state index contributed by atoms with van der Waals surface area (Å²) in [4.78, 5) is 11.8. The molecule has 0 aromatic carbocycles. The molecule has 3 aromatic rings. The summed E-state index contributed by atoms with van der Waals surface area (Å²) >= 11 is 1.58. The van der Waals surface area contributed by atoms with E-state index in [1.54, 1.807) is 11.3 Å². The normalized spacial score (nSPS) is 16.0. The summed E-state index contributed by atoms with van der Waals surface area (Å²) in [5, 5.41) is 0. The number of hydrogen-bond acceptors (Lipinski definition) is 6. The minimum atomic E-state index is 0.528. The van der Waals surface area contributed by atoms with Gasteiger partial charge in [-0.15, -0.1) is 11.3 Å². The zero-order valence-corrected chi connectivity index (χ0v) is 12.4. The lowest BCUT2D eigenvalue weighted by atomic mass is 10.2. The second-order valence-electron chi connectivity index (χ2n) is 5.39. The number of nitrogens with zero attached hydrogens (tertiary/aromatic N) is 3. The number of hydrogen-bond donors (Lipinski definition) is 1. The molecule has 0 bridgehead atoms. The van der Waals surface area contributed by atoms with Crippen molar-refractivity contribution in [2.75, 3.05) is 18.8 Å². The van der Waals surface area contributed by atoms with Crippen LogP contribution >= 0.6 is 11.3 Å². The van der Waals surface area contributed by atoms with Gasteiger partial charge in [0, 0.05) is 12.1 Å². The van der Waals surface area contributed by atoms with Gasteiger partial charge in [-0.1, -0.05) is 0 Å². The Morgan fingerprint density at radius 2 is 2.10 bits per heavy atom. The molecule has 108 valence electrons. The number of fused-ring (bicyclic) bond motifs is 1. The summed E-state index contributed by atoms with van der Waals surface area (Å²) in [7, 11) is 0. The lowest BCUT2D eigenvalue weighted by molar-refractivity contribution is 0.330. The quantitative estimate of drug-likeness (QED) is 0.805. The average molecular weight is 300 g/mol. The number of rotatable bonds is 3. The van der Waals surface area contributed by atoms with Crippen LogP contribution in [-0.2, 0) is 6.54 Å². The third kappa shape index (κ3) is 2.41. The molecule has 0 radical (unpaired) electrons. The molecule has 2 N–H and O–H groups in total. The number of thiophene rings is 1. The Kier molecular flexibility index (Phi) is 3.12. The summed E-state index contributed by atoms with van der Waals surface area (Å²) in [6, 6.07) is 4.13. The first-order valence-electron chi connectivity index (χ1n) is 7.10. The van der Waals surface area contributed by atoms with Gasteiger partial charge in [0.05, 0.1) is 21.4 Å². The van der Waals surface area contributed by atoms with E-state index in [0.717, 1.165) is 27.4 Å². The first-order valence-corrected chi connectivity index (χ1v) is 7.91. The molecule has 3 aromatic heterocycles. The molecule has 0 amide bonds. The van der Waals surface area contributed by atoms with Crippen molar-refractivity contribution in [3.05, 3.63) is 30.3 Å². The molecule has 1 aliphatic rings. The van der Waals surface area contributed by atoms with E-state index in [2.05, 4.69) is 20.9 Å². The van der Waals surface area contributed by atoms with Gasteiger partial charge in [-0.2, -0.15) is 0 Å². The van der Waals surface area contributed by atoms with Crippen molar-refractivity contribution in [1.82, 2.24) is 14.9 Å². The van der Waals surface area contributed by atoms with Gasteiger partial charge in [0.25, 0.3) is 0 Å². The predicted molar refractivity (Wildman–Crippen MR) is 84.0 cm³/mol. The Morgan fingerprint density at radius 1 is 1.24 bits per heavy atom. The van der Waals surface area contributed by atoms with Crippen molar-refractivity contribution in [2.45, 2.75) is 19.4 Å². The monoisotopic (exact) mass is 300 g/mol. The maximum atomic E-state index is 5.88. The van der Waals surface area contributed by atoms with Crippen LogP contribution in [0.15, 0.2) is 29.1 Å². The molecular weight excluding hydrogens is 284 g/mol. The van der Waals surface area contributed by atoms with E-state index in [1.807, 2.05) is 12.3 Å². The molecule has 1 fully saturated rings. The highest BCUT2D eigenvalue weighted by Crippen LogP contribution is 2.35. The second-order valence-corrected chi connectivity index (χ2v) is 6.44. The van der Waals surface area contributed by atoms with Crippen LogP contribution in [0.1, 0.15) is 18.4 Å². The largest absolute Gasteiger partial charge is 0.463 e. The highest BCUT2D eigenvalue weighted by molar-refractivity contribution is 7.22. The van der Waals surface area contributed by atoms with Gasteiger partial charge >= 0.3 is 0 Å². The molecule has 0 unspecified atom stereocenters. The Bertz CT molecular complexity index is 773. The first-order chi connectivity index (χ1) is 10.3. The molecule has 0 spiro atoms. The zero-order valence-electron chi connectivity index (χ0n) is 11.6. The van der Waals surface area contributed by atoms with E-state index in [9.17, 15) is 0 Å². The topological polar surface area (TPSA) is 68.2 Å². The van der Waals surface area contributed by atoms with E-state index in [4.69, 9.17) is 10.2 Å². The van der Waals surface area contributed by atoms with Gasteiger partial charge in [-0.05, 0) is 38.1 Å². The van der Waals surface area contributed by atoms with Crippen molar-refractivity contribution in [3.63, 3.8) is 0 Å². The van der Waals surface area contributed by atoms with Gasteiger partial charge in [0.2, 0.25) is 0 Å². The maximum Gasteiger partial charge on any atom is 0.144 e. The molecule has 4 heterocycles. The van der Waals surface area contributed by atoms with Gasteiger partial charge < -0.3 is 10.2 Å². The number of furan rings is 1. The third-order valence-electron chi connectivity index (χ3n) is 3.84. The smallest absolute Gasteiger partial charge is 0.144 e. The van der Waals surface area contributed by atoms with Gasteiger partial charge in [0.1, 0.15) is 17.9 Å². The number of anilines is 1. The van der Waals surface area contributed by atoms with Crippen molar-refractivity contribution in [2.24, 2.45) is 0 Å². The predicted octanol–water partition coefficient (Wildman–Crippen LogP) is 3.13. The Hall–Kier alpha value is -1.92. The average Bonchev–Trinajstić information content (AvgIpc) is 3.18. The highest BCUT2D eigenvalue weighted by atomic mass is 32.1. The van der Waals surface area contributed by atoms with Crippen LogP contribution in [0.25, 0.3) is 20.9 Å². The van der Waals surface area contributed by atoms with E-state index in [1.165, 1.54) is 37.8 Å². The Balaban J connectivity index is 1.62. The summed E-state index contributed by atoms with van der Waals surface area (Å²) in [6.07, 6.45) is 5.96. The van der Waals surface area contributed by atoms with Gasteiger partial charge in [0.15, 0.2) is 0 Å². The number of likely N-dealkylation sites (tertiary alicyclic amines) is 1. The fraction of sp³-hybridized carbons (Fsp3) is 0.333. The Morgan fingerprint density at radius 3 is 2.90 bits per heavy atom. The van der Waals surface area contributed by atoms with Crippen molar-refractivity contribution < 1.29 is 4.42 Å². The third-order valence-corrected chi connectivity index (χ3v) is 5.00. The van der Waals surface area contributed by atoms with Crippen molar-refractivity contribution in [3.8, 4) is 10.6 Å². The number of aromatic nitrogens is 2. The van der Waals surface area contributed by atoms with Gasteiger partial charge in [-0.25, -0.2) is 9.97 Å². The lowest BCUT2D eigenvalue weighted by Gasteiger charge is -2.11. The molecule has 5 nitrogen and oxygen atoms in total. The molecule has 0 atom stereocenters. The molecule has 0 aliphatic carbocycles. The van der Waals surface area contributed by atoms with Crippen LogP contribution in [0.4, 0.5) is 5.82 Å². The second kappa shape index (κ2) is 5.13. The van der Waals surface area contributed by atoms with E-state index >= 15 is 0 Å². The zero-order chi connectivity index (χ0) is 14.2. The summed E-state index contributed by atoms with van der Waals surface area (Å²) < 4.78 is 6.65. The number of nitrogens with two attached hydrogens (primary N) is 1. The SMILES string of the molecule is Nc1ncnc2cc(-c3cc(CN4CCCC4)co3)sc12. The lowest BCUT2D eigenvalue weighted by Crippen LogP contribution is -2.17. The van der Waals surface area contributed by atoms with Crippen molar-refractivity contribution in [1.29, 1.82) is 0 Å². The summed E-state index contributed by atoms with van der Waals surface area (Å²) in [5.41, 5.74) is 7.98. The van der Waals surface area contributed by atoms with Crippen LogP contribution in [0.2, 0.25) is 0 Å². The Labute approximate surface area is 126 Å². The molecule has 1 aliphatic heterocycles. The van der Waals surface area contributed by atoms with E-state index in [-0.39, 0.29) is 0 Å². The van der Waals surface area contributed by atoms with Crippen LogP contribution < -0.4 is 5.73 Å². The van der Waals surface area contributed by atoms with Crippen LogP contribution in [0, 0.1) is 0 Å². The highest BCUT2D eigenvalue weighted by Gasteiger charge is 2.15. The minimum absolute atomic E-state index is 0.528. The fourth-order valence-corrected chi connectivity index (χ4v) is 3.75. The van der Waals surface area contributed by atoms with Crippen molar-refractivity contribution >= 4 is 27.4 Å². The standard InChI is InChI=1S/C15H16N4OS/c16-15-14-11(17-9-18-15)6-13(21-14)12-5-10(8-20-12)7-19-3-1-2-4-19/h5-6,8-9H,1-4,7H2,(H2,16,17,18). The van der Waals surface area contributed by atoms with E-state index in [0.29, 0.717) is 5.82 Å². The molecule has 4 rings (SSSR count). The summed E-state index contributed by atoms with van der Waals surface area (Å²) in [6.45, 7) is 3.35. The molecular formula is C15H16N4OS. The molecule has 0 saturated carbocycles. The fourth-order valence-electron chi connectivity index (χ4n) is 2.78. The molecule has 1 saturated heterocycles. The van der Waals surface area contributed by atoms with E-state index < -0.39 is 0 Å². The summed E-state index contributed by atoms with van der Waals surface area (Å²) in [5.74, 6) is 1.41. The van der Waals surface area contributed by atoms with Gasteiger partial charge in [-0.3, -0.25) is 4.90 Å². The maximum absolute atomic E-state index is 5.88. The first kappa shape index (κ1) is 12.8. The van der Waals surface area contributed by atoms with Crippen LogP contribution in [-0.4, -0.2) is 28.0 Å².